The summed E-state index contributed by atoms with van der Waals surface area (Å²) in [4.78, 5) is 35.3. The van der Waals surface area contributed by atoms with E-state index >= 15 is 0 Å². The zero-order valence-electron chi connectivity index (χ0n) is 24.0. The average molecular weight is 533 g/mol. The highest BCUT2D eigenvalue weighted by Crippen LogP contribution is 2.49. The molecule has 0 aromatic heterocycles. The molecule has 2 aromatic carbocycles. The van der Waals surface area contributed by atoms with Gasteiger partial charge in [-0.15, -0.1) is 0 Å². The summed E-state index contributed by atoms with van der Waals surface area (Å²) in [6, 6.07) is 11.8. The molecule has 8 nitrogen and oxygen atoms in total. The smallest absolute Gasteiger partial charge is 0.325 e. The monoisotopic (exact) mass is 532 g/mol. The average Bonchev–Trinajstić information content (AvgIpc) is 3.07. The van der Waals surface area contributed by atoms with Crippen LogP contribution in [-0.4, -0.2) is 80.1 Å². The van der Waals surface area contributed by atoms with Crippen LogP contribution in [-0.2, 0) is 6.54 Å². The van der Waals surface area contributed by atoms with E-state index in [4.69, 9.17) is 9.47 Å². The van der Waals surface area contributed by atoms with E-state index in [-0.39, 0.29) is 17.9 Å². The van der Waals surface area contributed by atoms with Crippen molar-refractivity contribution in [3.8, 4) is 11.5 Å². The van der Waals surface area contributed by atoms with Crippen molar-refractivity contribution in [1.29, 1.82) is 0 Å². The summed E-state index contributed by atoms with van der Waals surface area (Å²) >= 11 is 0. The molecule has 3 amide bonds. The molecule has 3 aliphatic rings. The summed E-state index contributed by atoms with van der Waals surface area (Å²) in [6.07, 6.45) is 4.60. The molecule has 0 bridgehead atoms. The van der Waals surface area contributed by atoms with E-state index in [1.54, 1.807) is 14.2 Å². The van der Waals surface area contributed by atoms with Crippen molar-refractivity contribution in [3.05, 3.63) is 64.9 Å². The number of amides is 3. The van der Waals surface area contributed by atoms with E-state index in [0.717, 1.165) is 40.4 Å². The van der Waals surface area contributed by atoms with E-state index in [0.29, 0.717) is 44.6 Å². The van der Waals surface area contributed by atoms with Crippen molar-refractivity contribution in [1.82, 2.24) is 14.7 Å². The van der Waals surface area contributed by atoms with Crippen LogP contribution in [0.5, 0.6) is 11.5 Å². The van der Waals surface area contributed by atoms with E-state index in [9.17, 15) is 9.59 Å². The zero-order chi connectivity index (χ0) is 27.9. The first-order valence-electron chi connectivity index (χ1n) is 13.9. The molecule has 1 spiro atoms. The molecule has 8 heteroatoms. The number of piperidine rings is 1. The second-order valence-electron chi connectivity index (χ2n) is 10.9. The lowest BCUT2D eigenvalue weighted by molar-refractivity contribution is 0.0575. The van der Waals surface area contributed by atoms with Gasteiger partial charge in [0.25, 0.3) is 5.91 Å². The number of allylic oxidation sites excluding steroid dienone is 1. The molecule has 0 radical (unpaired) electrons. The Bertz CT molecular complexity index is 1300. The minimum absolute atomic E-state index is 0.0340. The number of carbonyl (C=O) groups excluding carboxylic acids is 2. The van der Waals surface area contributed by atoms with Crippen LogP contribution in [0.4, 0.5) is 10.5 Å². The van der Waals surface area contributed by atoms with Gasteiger partial charge in [0, 0.05) is 68.2 Å². The number of ether oxygens (including phenoxy) is 2. The quantitative estimate of drug-likeness (QED) is 0.518. The topological polar surface area (TPSA) is 65.6 Å². The van der Waals surface area contributed by atoms with Crippen molar-refractivity contribution < 1.29 is 19.1 Å². The zero-order valence-corrected chi connectivity index (χ0v) is 24.0. The fourth-order valence-electron chi connectivity index (χ4n) is 6.62. The molecule has 0 aliphatic carbocycles. The first-order valence-corrected chi connectivity index (χ1v) is 13.9. The van der Waals surface area contributed by atoms with Crippen LogP contribution in [0.15, 0.2) is 48.2 Å². The molecule has 1 atom stereocenters. The van der Waals surface area contributed by atoms with Gasteiger partial charge in [0.1, 0.15) is 11.5 Å². The van der Waals surface area contributed by atoms with Gasteiger partial charge in [-0.3, -0.25) is 9.69 Å². The molecule has 3 aliphatic heterocycles. The molecule has 2 saturated heterocycles. The number of methoxy groups -OCH3 is 2. The maximum absolute atomic E-state index is 13.9. The van der Waals surface area contributed by atoms with E-state index in [1.165, 1.54) is 0 Å². The molecule has 0 N–H and O–H groups in total. The molecule has 2 fully saturated rings. The van der Waals surface area contributed by atoms with Crippen LogP contribution >= 0.6 is 0 Å². The predicted molar refractivity (Wildman–Crippen MR) is 153 cm³/mol. The molecule has 1 unspecified atom stereocenters. The molecular formula is C31H40N4O4. The van der Waals surface area contributed by atoms with Gasteiger partial charge >= 0.3 is 6.03 Å². The number of rotatable bonds is 6. The van der Waals surface area contributed by atoms with Gasteiger partial charge in [0.15, 0.2) is 0 Å². The summed E-state index contributed by atoms with van der Waals surface area (Å²) in [5, 5.41) is 0. The van der Waals surface area contributed by atoms with Crippen LogP contribution < -0.4 is 14.4 Å². The van der Waals surface area contributed by atoms with Crippen LogP contribution in [0.1, 0.15) is 60.5 Å². The third kappa shape index (κ3) is 4.39. The van der Waals surface area contributed by atoms with Gasteiger partial charge in [0.2, 0.25) is 0 Å². The van der Waals surface area contributed by atoms with Gasteiger partial charge in [-0.2, -0.15) is 0 Å². The summed E-state index contributed by atoms with van der Waals surface area (Å²) in [5.74, 6) is 1.67. The van der Waals surface area contributed by atoms with Crippen LogP contribution in [0.3, 0.4) is 0 Å². The van der Waals surface area contributed by atoms with Crippen molar-refractivity contribution in [2.75, 3.05) is 52.8 Å². The third-order valence-corrected chi connectivity index (χ3v) is 8.70. The fourth-order valence-corrected chi connectivity index (χ4v) is 6.62. The highest BCUT2D eigenvalue weighted by molar-refractivity contribution is 5.95. The highest BCUT2D eigenvalue weighted by atomic mass is 16.5. The Morgan fingerprint density at radius 3 is 2.44 bits per heavy atom. The first kappa shape index (κ1) is 26.9. The lowest BCUT2D eigenvalue weighted by Gasteiger charge is -2.44. The van der Waals surface area contributed by atoms with Crippen molar-refractivity contribution >= 4 is 17.6 Å². The largest absolute Gasteiger partial charge is 0.497 e. The maximum Gasteiger partial charge on any atom is 0.325 e. The lowest BCUT2D eigenvalue weighted by Crippen LogP contribution is -2.54. The molecule has 39 heavy (non-hydrogen) atoms. The summed E-state index contributed by atoms with van der Waals surface area (Å²) in [5.41, 5.74) is 4.52. The van der Waals surface area contributed by atoms with Gasteiger partial charge in [-0.25, -0.2) is 4.79 Å². The number of benzene rings is 2. The summed E-state index contributed by atoms with van der Waals surface area (Å²) in [6.45, 7) is 6.52. The number of likely N-dealkylation sites (tertiary alicyclic amines) is 1. The number of likely N-dealkylation sites (N-methyl/N-ethyl adjacent to an activating group) is 1. The molecule has 208 valence electrons. The number of fused-ring (bicyclic) bond motifs is 3. The molecule has 0 saturated carbocycles. The Kier molecular flexibility index (Phi) is 7.23. The second kappa shape index (κ2) is 10.5. The minimum atomic E-state index is -0.430. The Labute approximate surface area is 231 Å². The van der Waals surface area contributed by atoms with Gasteiger partial charge in [-0.05, 0) is 56.0 Å². The second-order valence-corrected chi connectivity index (χ2v) is 10.9. The van der Waals surface area contributed by atoms with Crippen LogP contribution in [0, 0.1) is 0 Å². The van der Waals surface area contributed by atoms with E-state index in [1.807, 2.05) is 77.0 Å². The van der Waals surface area contributed by atoms with E-state index in [2.05, 4.69) is 13.0 Å². The number of anilines is 1. The standard InChI is InChI=1S/C31H40N4O4/c1-7-21-18-27-31(12-14-33(15-13-31)29(36)22-10-9-11-24(16-22)32(3)4)35(8-2)30(37)34(27)20-23-17-25(38-5)19-26(39-6)28(21)23/h9-11,16-19,21H,7-8,12-15,20H2,1-6H3. The molecule has 3 heterocycles. The van der Waals surface area contributed by atoms with Crippen molar-refractivity contribution in [2.24, 2.45) is 0 Å². The Hall–Kier alpha value is -3.68. The van der Waals surface area contributed by atoms with Crippen molar-refractivity contribution in [3.63, 3.8) is 0 Å². The van der Waals surface area contributed by atoms with E-state index < -0.39 is 5.54 Å². The molecule has 2 aromatic rings. The number of hydrogen-bond acceptors (Lipinski definition) is 5. The fraction of sp³-hybridized carbons (Fsp3) is 0.484. The summed E-state index contributed by atoms with van der Waals surface area (Å²) < 4.78 is 11.4. The minimum Gasteiger partial charge on any atom is -0.497 e. The van der Waals surface area contributed by atoms with Crippen LogP contribution in [0.2, 0.25) is 0 Å². The maximum atomic E-state index is 13.9. The molecular weight excluding hydrogens is 492 g/mol. The Balaban J connectivity index is 1.48. The van der Waals surface area contributed by atoms with Crippen LogP contribution in [0.25, 0.3) is 0 Å². The third-order valence-electron chi connectivity index (χ3n) is 8.70. The number of carbonyl (C=O) groups is 2. The highest BCUT2D eigenvalue weighted by Gasteiger charge is 2.55. The molecule has 5 rings (SSSR count). The number of urea groups is 1. The van der Waals surface area contributed by atoms with Crippen molar-refractivity contribution in [2.45, 2.75) is 51.1 Å². The number of nitrogens with zero attached hydrogens (tertiary/aromatic N) is 4. The predicted octanol–water partition coefficient (Wildman–Crippen LogP) is 5.09. The normalized spacial score (nSPS) is 19.8. The van der Waals surface area contributed by atoms with Gasteiger partial charge in [0.05, 0.1) is 26.3 Å². The summed E-state index contributed by atoms with van der Waals surface area (Å²) in [7, 11) is 7.29. The van der Waals surface area contributed by atoms with Gasteiger partial charge < -0.3 is 24.2 Å². The van der Waals surface area contributed by atoms with Gasteiger partial charge in [-0.1, -0.05) is 19.1 Å². The number of hydrogen-bond donors (Lipinski definition) is 0. The lowest BCUT2D eigenvalue weighted by atomic mass is 9.81. The Morgan fingerprint density at radius 2 is 1.82 bits per heavy atom. The Morgan fingerprint density at radius 1 is 1.08 bits per heavy atom. The first-order chi connectivity index (χ1) is 18.8. The SMILES string of the molecule is CCC1C=C2N(Cc3cc(OC)cc(OC)c31)C(=O)N(CC)C21CCN(C(=O)c2cccc(N(C)C)c2)CC1.